The highest BCUT2D eigenvalue weighted by molar-refractivity contribution is 5.72. The van der Waals surface area contributed by atoms with Gasteiger partial charge in [-0.2, -0.15) is 5.10 Å². The number of nitrogens with one attached hydrogen (secondary N) is 1. The van der Waals surface area contributed by atoms with Crippen molar-refractivity contribution < 1.29 is 23.8 Å². The van der Waals surface area contributed by atoms with Crippen LogP contribution in [0.25, 0.3) is 11.3 Å². The van der Waals surface area contributed by atoms with Crippen molar-refractivity contribution in [2.24, 2.45) is 13.0 Å². The number of carbonyl (C=O) groups is 2. The van der Waals surface area contributed by atoms with Crippen LogP contribution in [0.3, 0.4) is 0 Å². The van der Waals surface area contributed by atoms with E-state index in [0.717, 1.165) is 29.7 Å². The van der Waals surface area contributed by atoms with Crippen LogP contribution in [0, 0.1) is 12.8 Å². The lowest BCUT2D eigenvalue weighted by atomic mass is 10.1. The molecule has 2 heterocycles. The number of carbonyl (C=O) groups excluding carboxylic acids is 2. The lowest BCUT2D eigenvalue weighted by Crippen LogP contribution is -2.25. The van der Waals surface area contributed by atoms with Crippen LogP contribution in [0.1, 0.15) is 43.1 Å². The molecule has 0 radical (unpaired) electrons. The predicted molar refractivity (Wildman–Crippen MR) is 131 cm³/mol. The van der Waals surface area contributed by atoms with Crippen LogP contribution >= 0.6 is 0 Å². The molecule has 1 aliphatic carbocycles. The number of aryl methyl sites for hydroxylation is 2. The number of ether oxygens (including phenoxy) is 3. The molecule has 36 heavy (non-hydrogen) atoms. The van der Waals surface area contributed by atoms with E-state index in [-0.39, 0.29) is 31.1 Å². The molecule has 1 saturated carbocycles. The number of rotatable bonds is 9. The van der Waals surface area contributed by atoms with Crippen molar-refractivity contribution >= 4 is 12.1 Å². The van der Waals surface area contributed by atoms with Gasteiger partial charge in [-0.25, -0.2) is 14.8 Å². The van der Waals surface area contributed by atoms with Gasteiger partial charge in [-0.15, -0.1) is 0 Å². The highest BCUT2D eigenvalue weighted by Gasteiger charge is 2.32. The molecule has 10 nitrogen and oxygen atoms in total. The summed E-state index contributed by atoms with van der Waals surface area (Å²) in [5, 5.41) is 7.09. The largest absolute Gasteiger partial charge is 0.473 e. The van der Waals surface area contributed by atoms with Crippen LogP contribution in [-0.4, -0.2) is 44.5 Å². The summed E-state index contributed by atoms with van der Waals surface area (Å²) < 4.78 is 18.2. The first-order valence-corrected chi connectivity index (χ1v) is 12.1. The number of benzene rings is 1. The average molecular weight is 494 g/mol. The maximum Gasteiger partial charge on any atom is 0.407 e. The normalized spacial score (nSPS) is 17.0. The number of amides is 1. The van der Waals surface area contributed by atoms with Crippen molar-refractivity contribution in [3.63, 3.8) is 0 Å². The summed E-state index contributed by atoms with van der Waals surface area (Å²) in [7, 11) is 1.80. The van der Waals surface area contributed by atoms with E-state index in [9.17, 15) is 9.59 Å². The quantitative estimate of drug-likeness (QED) is 0.448. The minimum Gasteiger partial charge on any atom is -0.473 e. The minimum atomic E-state index is -0.519. The van der Waals surface area contributed by atoms with Gasteiger partial charge in [-0.1, -0.05) is 30.3 Å². The van der Waals surface area contributed by atoms with E-state index in [1.54, 1.807) is 24.1 Å². The van der Waals surface area contributed by atoms with Gasteiger partial charge in [0.15, 0.2) is 0 Å². The highest BCUT2D eigenvalue weighted by Crippen LogP contribution is 2.31. The number of aromatic nitrogens is 4. The highest BCUT2D eigenvalue weighted by atomic mass is 16.5. The number of alkyl carbamates (subject to hydrolysis) is 1. The van der Waals surface area contributed by atoms with Gasteiger partial charge in [0.25, 0.3) is 0 Å². The third kappa shape index (κ3) is 6.18. The number of esters is 1. The summed E-state index contributed by atoms with van der Waals surface area (Å²) in [6.45, 7) is 4.43. The second-order valence-electron chi connectivity index (χ2n) is 8.69. The molecule has 0 aliphatic heterocycles. The Labute approximate surface area is 210 Å². The molecule has 1 aliphatic rings. The monoisotopic (exact) mass is 493 g/mol. The molecule has 2 atom stereocenters. The van der Waals surface area contributed by atoms with Crippen molar-refractivity contribution in [1.82, 2.24) is 25.1 Å². The summed E-state index contributed by atoms with van der Waals surface area (Å²) >= 11 is 0. The molecule has 0 bridgehead atoms. The molecule has 1 N–H and O–H groups in total. The second-order valence-corrected chi connectivity index (χ2v) is 8.69. The molecular formula is C26H31N5O5. The van der Waals surface area contributed by atoms with Crippen LogP contribution in [0.5, 0.6) is 5.88 Å². The van der Waals surface area contributed by atoms with Crippen LogP contribution in [0.4, 0.5) is 4.79 Å². The molecule has 0 saturated heterocycles. The topological polar surface area (TPSA) is 117 Å². The zero-order chi connectivity index (χ0) is 25.5. The fourth-order valence-corrected chi connectivity index (χ4v) is 4.21. The van der Waals surface area contributed by atoms with E-state index in [4.69, 9.17) is 14.2 Å². The maximum atomic E-state index is 12.2. The Bertz CT molecular complexity index is 1200. The van der Waals surface area contributed by atoms with Gasteiger partial charge in [-0.05, 0) is 38.7 Å². The van der Waals surface area contributed by atoms with Gasteiger partial charge in [-0.3, -0.25) is 9.48 Å². The Kier molecular flexibility index (Phi) is 8.14. The van der Waals surface area contributed by atoms with E-state index in [1.807, 2.05) is 44.2 Å². The summed E-state index contributed by atoms with van der Waals surface area (Å²) in [5.41, 5.74) is 3.69. The van der Waals surface area contributed by atoms with Crippen molar-refractivity contribution in [1.29, 1.82) is 0 Å². The maximum absolute atomic E-state index is 12.2. The fourth-order valence-electron chi connectivity index (χ4n) is 4.21. The predicted octanol–water partition coefficient (Wildman–Crippen LogP) is 3.72. The Morgan fingerprint density at radius 1 is 1.14 bits per heavy atom. The van der Waals surface area contributed by atoms with Crippen molar-refractivity contribution in [3.05, 3.63) is 59.7 Å². The molecule has 3 aromatic rings. The Balaban J connectivity index is 1.36. The molecule has 1 amide bonds. The first kappa shape index (κ1) is 25.2. The summed E-state index contributed by atoms with van der Waals surface area (Å²) in [4.78, 5) is 33.3. The van der Waals surface area contributed by atoms with Crippen LogP contribution < -0.4 is 10.1 Å². The number of hydrogen-bond acceptors (Lipinski definition) is 8. The van der Waals surface area contributed by atoms with Gasteiger partial charge < -0.3 is 19.5 Å². The van der Waals surface area contributed by atoms with Crippen molar-refractivity contribution in [2.75, 3.05) is 6.61 Å². The molecule has 4 rings (SSSR count). The lowest BCUT2D eigenvalue weighted by molar-refractivity contribution is -0.147. The molecule has 190 valence electrons. The molecule has 1 fully saturated rings. The third-order valence-electron chi connectivity index (χ3n) is 6.13. The van der Waals surface area contributed by atoms with Gasteiger partial charge in [0.2, 0.25) is 5.88 Å². The molecule has 0 spiro atoms. The van der Waals surface area contributed by atoms with Gasteiger partial charge in [0.1, 0.15) is 18.4 Å². The Hall–Kier alpha value is -3.95. The first-order valence-electron chi connectivity index (χ1n) is 12.1. The van der Waals surface area contributed by atoms with E-state index in [0.29, 0.717) is 30.3 Å². The molecule has 1 aromatic carbocycles. The van der Waals surface area contributed by atoms with Crippen molar-refractivity contribution in [3.8, 4) is 17.1 Å². The molecule has 2 aromatic heterocycles. The number of hydrogen-bond donors (Lipinski definition) is 1. The van der Waals surface area contributed by atoms with Gasteiger partial charge in [0, 0.05) is 12.6 Å². The van der Waals surface area contributed by atoms with E-state index in [1.165, 1.54) is 0 Å². The average Bonchev–Trinajstić information content (AvgIpc) is 3.50. The van der Waals surface area contributed by atoms with Crippen molar-refractivity contribution in [2.45, 2.75) is 52.4 Å². The Morgan fingerprint density at radius 2 is 1.94 bits per heavy atom. The van der Waals surface area contributed by atoms with E-state index < -0.39 is 6.09 Å². The molecule has 1 unspecified atom stereocenters. The van der Waals surface area contributed by atoms with Gasteiger partial charge in [0.05, 0.1) is 42.9 Å². The first-order chi connectivity index (χ1) is 17.4. The zero-order valence-electron chi connectivity index (χ0n) is 20.8. The second kappa shape index (κ2) is 11.7. The lowest BCUT2D eigenvalue weighted by Gasteiger charge is -2.15. The molecular weight excluding hydrogens is 462 g/mol. The van der Waals surface area contributed by atoms with Gasteiger partial charge >= 0.3 is 12.1 Å². The fraction of sp³-hybridized carbons (Fsp3) is 0.423. The Morgan fingerprint density at radius 3 is 2.69 bits per heavy atom. The van der Waals surface area contributed by atoms with E-state index >= 15 is 0 Å². The van der Waals surface area contributed by atoms with Crippen LogP contribution in [0.15, 0.2) is 42.7 Å². The third-order valence-corrected chi connectivity index (χ3v) is 6.13. The van der Waals surface area contributed by atoms with E-state index in [2.05, 4.69) is 20.4 Å². The SMILES string of the molecule is CCOC(=O)C1CC[C@H](Oc2ncc(-c3cnn(C)c3CNC(=O)OCc3ccccc3)nc2C)C1. The summed E-state index contributed by atoms with van der Waals surface area (Å²) in [6.07, 6.45) is 4.83. The van der Waals surface area contributed by atoms with Crippen LogP contribution in [0.2, 0.25) is 0 Å². The minimum absolute atomic E-state index is 0.0988. The standard InChI is InChI=1S/C26H31N5O5/c1-4-34-25(32)19-10-11-20(12-19)36-24-17(2)30-22(14-27-24)21-13-29-31(3)23(21)15-28-26(33)35-16-18-8-6-5-7-9-18/h5-9,13-14,19-20H,4,10-12,15-16H2,1-3H3,(H,28,33)/t19?,20-/m0/s1. The summed E-state index contributed by atoms with van der Waals surface area (Å²) in [5.74, 6) is 0.150. The molecule has 10 heteroatoms. The summed E-state index contributed by atoms with van der Waals surface area (Å²) in [6, 6.07) is 9.49. The smallest absolute Gasteiger partial charge is 0.407 e. The van der Waals surface area contributed by atoms with Crippen LogP contribution in [-0.2, 0) is 34.5 Å². The number of nitrogens with zero attached hydrogens (tertiary/aromatic N) is 4. The zero-order valence-corrected chi connectivity index (χ0v) is 20.8.